The van der Waals surface area contributed by atoms with Gasteiger partial charge in [-0.1, -0.05) is 25.5 Å². The van der Waals surface area contributed by atoms with E-state index in [9.17, 15) is 0 Å². The highest BCUT2D eigenvalue weighted by Crippen LogP contribution is 2.23. The van der Waals surface area contributed by atoms with Crippen molar-refractivity contribution in [2.75, 3.05) is 24.7 Å². The first-order valence-corrected chi connectivity index (χ1v) is 7.59. The van der Waals surface area contributed by atoms with Crippen molar-refractivity contribution >= 4 is 11.8 Å². The second kappa shape index (κ2) is 6.92. The Hall–Kier alpha value is -0.670. The van der Waals surface area contributed by atoms with Crippen LogP contribution in [0.2, 0.25) is 0 Å². The molecule has 1 heterocycles. The fourth-order valence-electron chi connectivity index (χ4n) is 1.91. The van der Waals surface area contributed by atoms with Crippen molar-refractivity contribution in [2.24, 2.45) is 0 Å². The fraction of sp³-hybridized carbons (Fsp3) is 0.571. The van der Waals surface area contributed by atoms with Crippen LogP contribution in [0.3, 0.4) is 0 Å². The van der Waals surface area contributed by atoms with Crippen LogP contribution in [-0.4, -0.2) is 24.7 Å². The van der Waals surface area contributed by atoms with Crippen molar-refractivity contribution in [1.82, 2.24) is 5.32 Å². The van der Waals surface area contributed by atoms with Crippen LogP contribution in [-0.2, 0) is 0 Å². The summed E-state index contributed by atoms with van der Waals surface area (Å²) in [6.45, 7) is 4.12. The second-order valence-corrected chi connectivity index (χ2v) is 5.50. The normalized spacial score (nSPS) is 20.2. The summed E-state index contributed by atoms with van der Waals surface area (Å²) in [6, 6.07) is 9.06. The number of hydrogen-bond acceptors (Lipinski definition) is 3. The molecule has 1 fully saturated rings. The molecule has 0 bridgehead atoms. The maximum atomic E-state index is 5.66. The number of benzene rings is 1. The zero-order valence-electron chi connectivity index (χ0n) is 10.4. The van der Waals surface area contributed by atoms with Gasteiger partial charge < -0.3 is 10.1 Å². The van der Waals surface area contributed by atoms with Gasteiger partial charge in [0.15, 0.2) is 0 Å². The minimum absolute atomic E-state index is 0.512. The lowest BCUT2D eigenvalue weighted by molar-refractivity contribution is 0.309. The Labute approximate surface area is 108 Å². The predicted octanol–water partition coefficient (Wildman–Crippen LogP) is 3.24. The molecule has 0 spiro atoms. The molecule has 2 rings (SSSR count). The lowest BCUT2D eigenvalue weighted by Gasteiger charge is -2.23. The lowest BCUT2D eigenvalue weighted by atomic mass is 10.1. The van der Waals surface area contributed by atoms with E-state index in [1.807, 2.05) is 11.8 Å². The van der Waals surface area contributed by atoms with Crippen molar-refractivity contribution in [3.63, 3.8) is 0 Å². The molecule has 2 nitrogen and oxygen atoms in total. The van der Waals surface area contributed by atoms with Crippen LogP contribution in [0.1, 0.15) is 31.4 Å². The molecule has 0 radical (unpaired) electrons. The molecule has 1 unspecified atom stereocenters. The molecule has 17 heavy (non-hydrogen) atoms. The Morgan fingerprint density at radius 1 is 1.35 bits per heavy atom. The number of rotatable bonds is 5. The van der Waals surface area contributed by atoms with Crippen molar-refractivity contribution in [1.29, 1.82) is 0 Å². The van der Waals surface area contributed by atoms with E-state index in [1.54, 1.807) is 0 Å². The number of hydrogen-bond donors (Lipinski definition) is 1. The molecule has 1 aliphatic rings. The second-order valence-electron chi connectivity index (χ2n) is 4.35. The highest BCUT2D eigenvalue weighted by Gasteiger charge is 2.14. The summed E-state index contributed by atoms with van der Waals surface area (Å²) in [5.41, 5.74) is 1.38. The largest absolute Gasteiger partial charge is 0.494 e. The molecule has 1 saturated heterocycles. The van der Waals surface area contributed by atoms with E-state index in [2.05, 4.69) is 36.5 Å². The Morgan fingerprint density at radius 2 is 2.18 bits per heavy atom. The Kier molecular flexibility index (Phi) is 5.20. The third kappa shape index (κ3) is 3.93. The van der Waals surface area contributed by atoms with Gasteiger partial charge in [-0.05, 0) is 24.1 Å². The molecule has 1 aromatic carbocycles. The summed E-state index contributed by atoms with van der Waals surface area (Å²) in [4.78, 5) is 0. The minimum atomic E-state index is 0.512. The molecule has 94 valence electrons. The van der Waals surface area contributed by atoms with E-state index in [-0.39, 0.29) is 0 Å². The highest BCUT2D eigenvalue weighted by atomic mass is 32.2. The first-order chi connectivity index (χ1) is 8.40. The molecule has 1 N–H and O–H groups in total. The Bertz CT molecular complexity index is 319. The summed E-state index contributed by atoms with van der Waals surface area (Å²) in [7, 11) is 0. The zero-order valence-corrected chi connectivity index (χ0v) is 11.3. The maximum absolute atomic E-state index is 5.66. The summed E-state index contributed by atoms with van der Waals surface area (Å²) >= 11 is 2.03. The van der Waals surface area contributed by atoms with Gasteiger partial charge >= 0.3 is 0 Å². The van der Waals surface area contributed by atoms with Gasteiger partial charge in [-0.3, -0.25) is 0 Å². The van der Waals surface area contributed by atoms with Crippen LogP contribution >= 0.6 is 11.8 Å². The number of ether oxygens (including phenoxy) is 1. The van der Waals surface area contributed by atoms with Gasteiger partial charge in [0.05, 0.1) is 6.61 Å². The van der Waals surface area contributed by atoms with Crippen LogP contribution in [0.25, 0.3) is 0 Å². The molecule has 1 aliphatic heterocycles. The van der Waals surface area contributed by atoms with Crippen LogP contribution < -0.4 is 10.1 Å². The smallest absolute Gasteiger partial charge is 0.119 e. The van der Waals surface area contributed by atoms with E-state index < -0.39 is 0 Å². The van der Waals surface area contributed by atoms with Gasteiger partial charge in [0.25, 0.3) is 0 Å². The summed E-state index contributed by atoms with van der Waals surface area (Å²) in [5.74, 6) is 3.40. The topological polar surface area (TPSA) is 21.3 Å². The van der Waals surface area contributed by atoms with Gasteiger partial charge in [-0.2, -0.15) is 11.8 Å². The van der Waals surface area contributed by atoms with Crippen LogP contribution in [0.15, 0.2) is 24.3 Å². The summed E-state index contributed by atoms with van der Waals surface area (Å²) < 4.78 is 5.66. The molecular weight excluding hydrogens is 230 g/mol. The monoisotopic (exact) mass is 251 g/mol. The summed E-state index contributed by atoms with van der Waals surface area (Å²) in [6.07, 6.45) is 2.31. The average molecular weight is 251 g/mol. The molecule has 3 heteroatoms. The quantitative estimate of drug-likeness (QED) is 0.812. The van der Waals surface area contributed by atoms with Gasteiger partial charge in [-0.25, -0.2) is 0 Å². The first-order valence-electron chi connectivity index (χ1n) is 6.44. The third-order valence-electron chi connectivity index (χ3n) is 2.97. The van der Waals surface area contributed by atoms with E-state index in [0.29, 0.717) is 6.04 Å². The minimum Gasteiger partial charge on any atom is -0.494 e. The van der Waals surface area contributed by atoms with Crippen molar-refractivity contribution < 1.29 is 4.74 Å². The molecule has 1 aromatic rings. The number of nitrogens with one attached hydrogen (secondary N) is 1. The van der Waals surface area contributed by atoms with Gasteiger partial charge in [0.1, 0.15) is 5.75 Å². The maximum Gasteiger partial charge on any atom is 0.119 e. The number of unbranched alkanes of at least 4 members (excludes halogenated alkanes) is 1. The van der Waals surface area contributed by atoms with E-state index >= 15 is 0 Å². The van der Waals surface area contributed by atoms with Crippen LogP contribution in [0.5, 0.6) is 5.75 Å². The SMILES string of the molecule is CCCCOc1ccc(C2CSCCN2)cc1. The van der Waals surface area contributed by atoms with E-state index in [0.717, 1.165) is 25.3 Å². The van der Waals surface area contributed by atoms with Gasteiger partial charge in [0, 0.05) is 24.1 Å². The average Bonchev–Trinajstić information content (AvgIpc) is 2.41. The van der Waals surface area contributed by atoms with Gasteiger partial charge in [0.2, 0.25) is 0 Å². The zero-order chi connectivity index (χ0) is 11.9. The first kappa shape index (κ1) is 12.8. The third-order valence-corrected chi connectivity index (χ3v) is 4.03. The fourth-order valence-corrected chi connectivity index (χ4v) is 2.89. The summed E-state index contributed by atoms with van der Waals surface area (Å²) in [5, 5.41) is 3.55. The number of thioether (sulfide) groups is 1. The predicted molar refractivity (Wildman–Crippen MR) is 74.9 cm³/mol. The van der Waals surface area contributed by atoms with Crippen molar-refractivity contribution in [3.8, 4) is 5.75 Å². The Balaban J connectivity index is 1.88. The van der Waals surface area contributed by atoms with Crippen LogP contribution in [0, 0.1) is 0 Å². The van der Waals surface area contributed by atoms with Crippen molar-refractivity contribution in [2.45, 2.75) is 25.8 Å². The molecule has 0 amide bonds. The highest BCUT2D eigenvalue weighted by molar-refractivity contribution is 7.99. The molecule has 1 atom stereocenters. The standard InChI is InChI=1S/C14H21NOS/c1-2-3-9-16-13-6-4-12(5-7-13)14-11-17-10-8-15-14/h4-7,14-15H,2-3,8-11H2,1H3. The molecule has 0 aromatic heterocycles. The van der Waals surface area contributed by atoms with Crippen LogP contribution in [0.4, 0.5) is 0 Å². The van der Waals surface area contributed by atoms with Gasteiger partial charge in [-0.15, -0.1) is 0 Å². The Morgan fingerprint density at radius 3 is 2.82 bits per heavy atom. The lowest BCUT2D eigenvalue weighted by Crippen LogP contribution is -2.30. The molecule has 0 aliphatic carbocycles. The molecule has 0 saturated carbocycles. The van der Waals surface area contributed by atoms with E-state index in [1.165, 1.54) is 23.5 Å². The van der Waals surface area contributed by atoms with E-state index in [4.69, 9.17) is 4.74 Å². The molecular formula is C14H21NOS. The van der Waals surface area contributed by atoms with Crippen molar-refractivity contribution in [3.05, 3.63) is 29.8 Å².